The number of hydrogen-bond donors (Lipinski definition) is 1. The van der Waals surface area contributed by atoms with Gasteiger partial charge in [0.05, 0.1) is 7.11 Å². The summed E-state index contributed by atoms with van der Waals surface area (Å²) in [4.78, 5) is 27.3. The van der Waals surface area contributed by atoms with Crippen molar-refractivity contribution in [1.29, 1.82) is 0 Å². The SMILES string of the molecule is COc1cc(N2CCN(C(=O)OC(C)(C)C)[C@@H](C)C2)ccc1C(=O)O. The predicted octanol–water partition coefficient (Wildman–Crippen LogP) is 2.84. The number of amides is 1. The summed E-state index contributed by atoms with van der Waals surface area (Å²) in [5, 5.41) is 9.18. The Bertz CT molecular complexity index is 653. The van der Waals surface area contributed by atoms with E-state index < -0.39 is 11.6 Å². The van der Waals surface area contributed by atoms with Crippen molar-refractivity contribution in [3.63, 3.8) is 0 Å². The van der Waals surface area contributed by atoms with Gasteiger partial charge in [-0.2, -0.15) is 0 Å². The lowest BCUT2D eigenvalue weighted by Crippen LogP contribution is -2.55. The zero-order valence-electron chi connectivity index (χ0n) is 15.4. The van der Waals surface area contributed by atoms with Crippen LogP contribution in [0, 0.1) is 0 Å². The van der Waals surface area contributed by atoms with Gasteiger partial charge in [-0.3, -0.25) is 0 Å². The molecule has 1 saturated heterocycles. The van der Waals surface area contributed by atoms with Crippen LogP contribution in [0.3, 0.4) is 0 Å². The molecule has 7 heteroatoms. The van der Waals surface area contributed by atoms with Crippen LogP contribution in [0.1, 0.15) is 38.1 Å². The number of aromatic carboxylic acids is 1. The molecule has 2 rings (SSSR count). The fraction of sp³-hybridized carbons (Fsp3) is 0.556. The topological polar surface area (TPSA) is 79.3 Å². The highest BCUT2D eigenvalue weighted by atomic mass is 16.6. The number of anilines is 1. The van der Waals surface area contributed by atoms with E-state index in [0.29, 0.717) is 25.4 Å². The molecule has 138 valence electrons. The Kier molecular flexibility index (Phi) is 5.45. The molecule has 0 aliphatic carbocycles. The van der Waals surface area contributed by atoms with Crippen LogP contribution in [0.5, 0.6) is 5.75 Å². The van der Waals surface area contributed by atoms with E-state index >= 15 is 0 Å². The largest absolute Gasteiger partial charge is 0.496 e. The first-order valence-electron chi connectivity index (χ1n) is 8.28. The third-order valence-corrected chi connectivity index (χ3v) is 4.04. The van der Waals surface area contributed by atoms with Gasteiger partial charge >= 0.3 is 12.1 Å². The van der Waals surface area contributed by atoms with Gasteiger partial charge < -0.3 is 24.4 Å². The second-order valence-electron chi connectivity index (χ2n) is 7.16. The Morgan fingerprint density at radius 3 is 2.44 bits per heavy atom. The fourth-order valence-corrected chi connectivity index (χ4v) is 2.84. The molecule has 25 heavy (non-hydrogen) atoms. The standard InChI is InChI=1S/C18H26N2O5/c1-12-11-19(8-9-20(12)17(23)25-18(2,3)4)13-6-7-14(16(21)22)15(10-13)24-5/h6-7,10,12H,8-9,11H2,1-5H3,(H,21,22)/t12-/m0/s1. The molecule has 1 atom stereocenters. The number of methoxy groups -OCH3 is 1. The Balaban J connectivity index is 2.10. The summed E-state index contributed by atoms with van der Waals surface area (Å²) in [6.07, 6.45) is -0.307. The maximum Gasteiger partial charge on any atom is 0.410 e. The summed E-state index contributed by atoms with van der Waals surface area (Å²) in [5.74, 6) is -0.696. The molecule has 0 radical (unpaired) electrons. The average molecular weight is 350 g/mol. The zero-order chi connectivity index (χ0) is 18.8. The van der Waals surface area contributed by atoms with Gasteiger partial charge in [0.1, 0.15) is 16.9 Å². The molecule has 0 aromatic heterocycles. The fourth-order valence-electron chi connectivity index (χ4n) is 2.84. The maximum absolute atomic E-state index is 12.3. The first-order chi connectivity index (χ1) is 11.6. The molecule has 1 N–H and O–H groups in total. The number of piperazine rings is 1. The van der Waals surface area contributed by atoms with Crippen LogP contribution in [-0.4, -0.2) is 60.5 Å². The molecule has 1 fully saturated rings. The van der Waals surface area contributed by atoms with E-state index in [0.717, 1.165) is 5.69 Å². The van der Waals surface area contributed by atoms with Gasteiger partial charge in [0, 0.05) is 37.4 Å². The second-order valence-corrected chi connectivity index (χ2v) is 7.16. The van der Waals surface area contributed by atoms with Crippen molar-refractivity contribution < 1.29 is 24.2 Å². The van der Waals surface area contributed by atoms with Crippen LogP contribution in [0.15, 0.2) is 18.2 Å². The quantitative estimate of drug-likeness (QED) is 0.903. The Morgan fingerprint density at radius 1 is 1.24 bits per heavy atom. The monoisotopic (exact) mass is 350 g/mol. The number of carboxylic acids is 1. The second kappa shape index (κ2) is 7.21. The number of rotatable bonds is 3. The average Bonchev–Trinajstić information content (AvgIpc) is 2.52. The molecule has 1 aromatic rings. The number of hydrogen-bond acceptors (Lipinski definition) is 5. The number of carboxylic acid groups (broad SMARTS) is 1. The highest BCUT2D eigenvalue weighted by Gasteiger charge is 2.31. The molecule has 1 aromatic carbocycles. The molecule has 7 nitrogen and oxygen atoms in total. The minimum absolute atomic E-state index is 0.0197. The molecule has 1 heterocycles. The number of nitrogens with zero attached hydrogens (tertiary/aromatic N) is 2. The Hall–Kier alpha value is -2.44. The van der Waals surface area contributed by atoms with Gasteiger partial charge in [-0.25, -0.2) is 9.59 Å². The lowest BCUT2D eigenvalue weighted by atomic mass is 10.1. The van der Waals surface area contributed by atoms with Crippen LogP contribution >= 0.6 is 0 Å². The van der Waals surface area contributed by atoms with E-state index in [9.17, 15) is 14.7 Å². The van der Waals surface area contributed by atoms with Crippen LogP contribution in [0.25, 0.3) is 0 Å². The molecule has 0 saturated carbocycles. The first-order valence-corrected chi connectivity index (χ1v) is 8.28. The van der Waals surface area contributed by atoms with Gasteiger partial charge in [-0.05, 0) is 39.8 Å². The van der Waals surface area contributed by atoms with E-state index in [1.165, 1.54) is 7.11 Å². The molecule has 0 spiro atoms. The van der Waals surface area contributed by atoms with Crippen LogP contribution < -0.4 is 9.64 Å². The van der Waals surface area contributed by atoms with Gasteiger partial charge in [0.25, 0.3) is 0 Å². The molecular weight excluding hydrogens is 324 g/mol. The van der Waals surface area contributed by atoms with E-state index in [2.05, 4.69) is 4.90 Å². The minimum atomic E-state index is -1.02. The van der Waals surface area contributed by atoms with Crippen LogP contribution in [0.4, 0.5) is 10.5 Å². The summed E-state index contributed by atoms with van der Waals surface area (Å²) in [6.45, 7) is 9.33. The van der Waals surface area contributed by atoms with E-state index in [4.69, 9.17) is 9.47 Å². The van der Waals surface area contributed by atoms with Gasteiger partial charge in [0.15, 0.2) is 0 Å². The van der Waals surface area contributed by atoms with Crippen molar-refractivity contribution in [3.05, 3.63) is 23.8 Å². The molecule has 0 bridgehead atoms. The number of ether oxygens (including phenoxy) is 2. The molecule has 1 aliphatic heterocycles. The number of carbonyl (C=O) groups excluding carboxylic acids is 1. The van der Waals surface area contributed by atoms with Crippen LogP contribution in [-0.2, 0) is 4.74 Å². The minimum Gasteiger partial charge on any atom is -0.496 e. The van der Waals surface area contributed by atoms with Crippen molar-refractivity contribution in [2.45, 2.75) is 39.3 Å². The predicted molar refractivity (Wildman–Crippen MR) is 94.6 cm³/mol. The van der Waals surface area contributed by atoms with Gasteiger partial charge in [0.2, 0.25) is 0 Å². The first kappa shape index (κ1) is 18.9. The van der Waals surface area contributed by atoms with Crippen molar-refractivity contribution in [3.8, 4) is 5.75 Å². The smallest absolute Gasteiger partial charge is 0.410 e. The van der Waals surface area contributed by atoms with E-state index in [-0.39, 0.29) is 17.7 Å². The lowest BCUT2D eigenvalue weighted by Gasteiger charge is -2.41. The van der Waals surface area contributed by atoms with Crippen molar-refractivity contribution in [2.24, 2.45) is 0 Å². The molecule has 0 unspecified atom stereocenters. The van der Waals surface area contributed by atoms with Gasteiger partial charge in [-0.1, -0.05) is 0 Å². The molecule has 1 aliphatic rings. The Morgan fingerprint density at radius 2 is 1.92 bits per heavy atom. The lowest BCUT2D eigenvalue weighted by molar-refractivity contribution is 0.0158. The van der Waals surface area contributed by atoms with Crippen molar-refractivity contribution >= 4 is 17.7 Å². The van der Waals surface area contributed by atoms with E-state index in [1.54, 1.807) is 23.1 Å². The highest BCUT2D eigenvalue weighted by molar-refractivity contribution is 5.91. The van der Waals surface area contributed by atoms with Crippen molar-refractivity contribution in [1.82, 2.24) is 4.90 Å². The number of carbonyl (C=O) groups is 2. The van der Waals surface area contributed by atoms with Gasteiger partial charge in [-0.15, -0.1) is 0 Å². The van der Waals surface area contributed by atoms with Crippen LogP contribution in [0.2, 0.25) is 0 Å². The maximum atomic E-state index is 12.3. The Labute approximate surface area is 148 Å². The van der Waals surface area contributed by atoms with E-state index in [1.807, 2.05) is 27.7 Å². The summed E-state index contributed by atoms with van der Waals surface area (Å²) in [5.41, 5.74) is 0.484. The zero-order valence-corrected chi connectivity index (χ0v) is 15.4. The number of benzene rings is 1. The highest BCUT2D eigenvalue weighted by Crippen LogP contribution is 2.28. The summed E-state index contributed by atoms with van der Waals surface area (Å²) in [7, 11) is 1.45. The summed E-state index contributed by atoms with van der Waals surface area (Å²) < 4.78 is 10.6. The third-order valence-electron chi connectivity index (χ3n) is 4.04. The summed E-state index contributed by atoms with van der Waals surface area (Å²) in [6, 6.07) is 5.01. The normalized spacial score (nSPS) is 18.0. The van der Waals surface area contributed by atoms with Crippen molar-refractivity contribution in [2.75, 3.05) is 31.6 Å². The molecular formula is C18H26N2O5. The summed E-state index contributed by atoms with van der Waals surface area (Å²) >= 11 is 0. The molecule has 1 amide bonds. The third kappa shape index (κ3) is 4.55.